The molecule has 3 nitrogen and oxygen atoms in total. The van der Waals surface area contributed by atoms with Crippen LogP contribution in [0.1, 0.15) is 5.56 Å². The minimum atomic E-state index is -0.338. The summed E-state index contributed by atoms with van der Waals surface area (Å²) in [5.74, 6) is -0.521. The van der Waals surface area contributed by atoms with Crippen molar-refractivity contribution in [3.63, 3.8) is 0 Å². The lowest BCUT2D eigenvalue weighted by Crippen LogP contribution is -2.33. The van der Waals surface area contributed by atoms with E-state index in [-0.39, 0.29) is 18.4 Å². The number of carbonyl (C=O) groups is 1. The maximum absolute atomic E-state index is 13.4. The molecule has 3 aromatic carbocycles. The van der Waals surface area contributed by atoms with E-state index in [0.717, 1.165) is 16.8 Å². The molecule has 1 N–H and O–H groups in total. The van der Waals surface area contributed by atoms with Gasteiger partial charge in [0.2, 0.25) is 0 Å². The van der Waals surface area contributed by atoms with E-state index in [1.165, 1.54) is 28.8 Å². The summed E-state index contributed by atoms with van der Waals surface area (Å²) in [4.78, 5) is 14.7. The van der Waals surface area contributed by atoms with Crippen molar-refractivity contribution in [2.45, 2.75) is 0 Å². The van der Waals surface area contributed by atoms with Gasteiger partial charge in [-0.2, -0.15) is 0 Å². The highest BCUT2D eigenvalue weighted by molar-refractivity contribution is 8.26. The van der Waals surface area contributed by atoms with Crippen LogP contribution in [0.15, 0.2) is 83.8 Å². The second-order valence-corrected chi connectivity index (χ2v) is 8.12. The van der Waals surface area contributed by atoms with Gasteiger partial charge in [-0.15, -0.1) is 0 Å². The van der Waals surface area contributed by atoms with Crippen LogP contribution in [0.4, 0.5) is 10.1 Å². The molecule has 1 heterocycles. The van der Waals surface area contributed by atoms with Gasteiger partial charge in [0.1, 0.15) is 10.1 Å². The van der Waals surface area contributed by atoms with Crippen LogP contribution in [0, 0.1) is 5.82 Å². The zero-order valence-corrected chi connectivity index (χ0v) is 17.0. The van der Waals surface area contributed by atoms with E-state index < -0.39 is 0 Å². The normalized spacial score (nSPS) is 15.2. The minimum Gasteiger partial charge on any atom is -0.367 e. The van der Waals surface area contributed by atoms with Gasteiger partial charge in [-0.05, 0) is 47.0 Å². The number of thiocarbonyl (C=S) groups is 1. The summed E-state index contributed by atoms with van der Waals surface area (Å²) in [6.07, 6.45) is 1.66. The average Bonchev–Trinajstić information content (AvgIpc) is 3.00. The van der Waals surface area contributed by atoms with Crippen LogP contribution in [0.25, 0.3) is 17.2 Å². The van der Waals surface area contributed by atoms with Crippen molar-refractivity contribution in [2.75, 3.05) is 12.0 Å². The van der Waals surface area contributed by atoms with Crippen molar-refractivity contribution in [2.24, 2.45) is 0 Å². The smallest absolute Gasteiger partial charge is 0.267 e. The Kier molecular flexibility index (Phi) is 5.74. The lowest BCUT2D eigenvalue weighted by Gasteiger charge is -2.16. The van der Waals surface area contributed by atoms with Crippen molar-refractivity contribution >= 4 is 46.0 Å². The molecule has 1 aliphatic heterocycles. The Morgan fingerprint density at radius 2 is 1.69 bits per heavy atom. The molecule has 0 radical (unpaired) electrons. The number of hydrogen-bond donors (Lipinski definition) is 1. The van der Waals surface area contributed by atoms with Gasteiger partial charge in [-0.1, -0.05) is 78.6 Å². The number of thioether (sulfide) groups is 1. The highest BCUT2D eigenvalue weighted by atomic mass is 32.2. The fraction of sp³-hybridized carbons (Fsp3) is 0.0435. The molecule has 0 atom stereocenters. The number of hydrogen-bond acceptors (Lipinski definition) is 4. The minimum absolute atomic E-state index is 0.183. The van der Waals surface area contributed by atoms with E-state index >= 15 is 0 Å². The van der Waals surface area contributed by atoms with Crippen LogP contribution >= 0.6 is 24.0 Å². The third kappa shape index (κ3) is 4.55. The quantitative estimate of drug-likeness (QED) is 0.420. The highest BCUT2D eigenvalue weighted by Gasteiger charge is 2.31. The van der Waals surface area contributed by atoms with Crippen molar-refractivity contribution in [3.8, 4) is 11.1 Å². The van der Waals surface area contributed by atoms with E-state index in [0.29, 0.717) is 14.8 Å². The van der Waals surface area contributed by atoms with E-state index in [1.807, 2.05) is 42.5 Å². The number of halogens is 1. The molecule has 0 spiro atoms. The van der Waals surface area contributed by atoms with Crippen molar-refractivity contribution in [3.05, 3.63) is 95.1 Å². The molecule has 0 aromatic heterocycles. The second-order valence-electron chi connectivity index (χ2n) is 6.44. The predicted molar refractivity (Wildman–Crippen MR) is 122 cm³/mol. The fourth-order valence-electron chi connectivity index (χ4n) is 2.97. The molecule has 4 rings (SSSR count). The Labute approximate surface area is 178 Å². The van der Waals surface area contributed by atoms with E-state index in [4.69, 9.17) is 12.2 Å². The van der Waals surface area contributed by atoms with Crippen molar-refractivity contribution < 1.29 is 9.18 Å². The molecule has 1 aliphatic rings. The number of rotatable bonds is 5. The Morgan fingerprint density at radius 3 is 2.41 bits per heavy atom. The number of amides is 1. The summed E-state index contributed by atoms with van der Waals surface area (Å²) in [7, 11) is 0. The molecule has 29 heavy (non-hydrogen) atoms. The number of carbonyl (C=O) groups excluding carboxylic acids is 1. The van der Waals surface area contributed by atoms with Crippen LogP contribution in [0.2, 0.25) is 0 Å². The summed E-state index contributed by atoms with van der Waals surface area (Å²) < 4.78 is 13.8. The van der Waals surface area contributed by atoms with E-state index in [9.17, 15) is 9.18 Å². The lowest BCUT2D eigenvalue weighted by molar-refractivity contribution is -0.121. The molecule has 0 bridgehead atoms. The second kappa shape index (κ2) is 8.59. The number of nitrogens with one attached hydrogen (secondary N) is 1. The van der Waals surface area contributed by atoms with E-state index in [2.05, 4.69) is 17.4 Å². The molecule has 6 heteroatoms. The molecular formula is C23H17FN2OS2. The zero-order chi connectivity index (χ0) is 20.2. The Bertz CT molecular complexity index is 1080. The van der Waals surface area contributed by atoms with Gasteiger partial charge in [0.05, 0.1) is 11.6 Å². The molecule has 1 amide bonds. The summed E-state index contributed by atoms with van der Waals surface area (Å²) >= 11 is 6.57. The molecule has 144 valence electrons. The number of benzene rings is 3. The standard InChI is InChI=1S/C23H17FN2OS2/c24-19-8-4-5-16(13-19)14-21-22(27)26(23(28)29-21)15-25-20-11-9-18(10-12-20)17-6-2-1-3-7-17/h1-14,25H,15H2/b21-14-. The first-order valence-electron chi connectivity index (χ1n) is 9.00. The topological polar surface area (TPSA) is 32.3 Å². The lowest BCUT2D eigenvalue weighted by atomic mass is 10.1. The molecule has 0 saturated carbocycles. The fourth-order valence-corrected chi connectivity index (χ4v) is 4.22. The Balaban J connectivity index is 1.42. The summed E-state index contributed by atoms with van der Waals surface area (Å²) in [6, 6.07) is 24.3. The average molecular weight is 421 g/mol. The molecule has 1 saturated heterocycles. The third-order valence-corrected chi connectivity index (χ3v) is 5.83. The van der Waals surface area contributed by atoms with Crippen molar-refractivity contribution in [1.82, 2.24) is 4.90 Å². The highest BCUT2D eigenvalue weighted by Crippen LogP contribution is 2.32. The van der Waals surface area contributed by atoms with Crippen LogP contribution in [0.3, 0.4) is 0 Å². The Hall–Kier alpha value is -2.96. The SMILES string of the molecule is O=C1/C(=C/c2cccc(F)c2)SC(=S)N1CNc1ccc(-c2ccccc2)cc1. The maximum atomic E-state index is 13.4. The number of nitrogens with zero attached hydrogens (tertiary/aromatic N) is 1. The first-order valence-corrected chi connectivity index (χ1v) is 10.2. The van der Waals surface area contributed by atoms with E-state index in [1.54, 1.807) is 18.2 Å². The third-order valence-electron chi connectivity index (χ3n) is 4.45. The predicted octanol–water partition coefficient (Wildman–Crippen LogP) is 5.76. The first-order chi connectivity index (χ1) is 14.1. The van der Waals surface area contributed by atoms with Gasteiger partial charge in [0.25, 0.3) is 5.91 Å². The van der Waals surface area contributed by atoms with Crippen LogP contribution in [0.5, 0.6) is 0 Å². The zero-order valence-electron chi connectivity index (χ0n) is 15.3. The van der Waals surface area contributed by atoms with Gasteiger partial charge >= 0.3 is 0 Å². The summed E-state index contributed by atoms with van der Waals surface area (Å²) in [5, 5.41) is 3.24. The number of anilines is 1. The molecular weight excluding hydrogens is 403 g/mol. The summed E-state index contributed by atoms with van der Waals surface area (Å²) in [5.41, 5.74) is 3.81. The van der Waals surface area contributed by atoms with Gasteiger partial charge in [0, 0.05) is 5.69 Å². The first kappa shape index (κ1) is 19.4. The van der Waals surface area contributed by atoms with Gasteiger partial charge in [-0.3, -0.25) is 9.69 Å². The molecule has 1 fully saturated rings. The molecule has 0 unspecified atom stereocenters. The van der Waals surface area contributed by atoms with Crippen molar-refractivity contribution in [1.29, 1.82) is 0 Å². The summed E-state index contributed by atoms with van der Waals surface area (Å²) in [6.45, 7) is 0.274. The Morgan fingerprint density at radius 1 is 0.966 bits per heavy atom. The molecule has 0 aliphatic carbocycles. The van der Waals surface area contributed by atoms with Gasteiger partial charge < -0.3 is 5.32 Å². The van der Waals surface area contributed by atoms with Crippen LogP contribution in [-0.4, -0.2) is 21.8 Å². The largest absolute Gasteiger partial charge is 0.367 e. The van der Waals surface area contributed by atoms with Crippen LogP contribution in [-0.2, 0) is 4.79 Å². The van der Waals surface area contributed by atoms with Crippen LogP contribution < -0.4 is 5.32 Å². The monoisotopic (exact) mass is 420 g/mol. The van der Waals surface area contributed by atoms with Gasteiger partial charge in [0.15, 0.2) is 0 Å². The molecule has 3 aromatic rings. The van der Waals surface area contributed by atoms with Gasteiger partial charge in [-0.25, -0.2) is 4.39 Å². The maximum Gasteiger partial charge on any atom is 0.267 e.